The molecule has 2 aromatic rings. The van der Waals surface area contributed by atoms with E-state index in [4.69, 9.17) is 0 Å². The Balaban J connectivity index is 1.64. The van der Waals surface area contributed by atoms with E-state index in [0.29, 0.717) is 24.2 Å². The number of nitrogens with zero attached hydrogens (tertiary/aromatic N) is 2. The molecular formula is C20H21FN2O. The Morgan fingerprint density at radius 1 is 0.958 bits per heavy atom. The van der Waals surface area contributed by atoms with Crippen molar-refractivity contribution >= 4 is 17.7 Å². The zero-order chi connectivity index (χ0) is 16.9. The van der Waals surface area contributed by atoms with Gasteiger partial charge in [-0.1, -0.05) is 36.4 Å². The molecule has 24 heavy (non-hydrogen) atoms. The predicted octanol–water partition coefficient (Wildman–Crippen LogP) is 3.58. The second-order valence-electron chi connectivity index (χ2n) is 5.96. The highest BCUT2D eigenvalue weighted by Crippen LogP contribution is 2.18. The van der Waals surface area contributed by atoms with Crippen LogP contribution in [-0.2, 0) is 4.79 Å². The number of carbonyl (C=O) groups excluding carboxylic acids is 1. The van der Waals surface area contributed by atoms with Crippen LogP contribution in [0.5, 0.6) is 0 Å². The fourth-order valence-corrected chi connectivity index (χ4v) is 2.94. The van der Waals surface area contributed by atoms with Crippen molar-refractivity contribution in [1.82, 2.24) is 4.90 Å². The molecule has 0 aliphatic carbocycles. The molecule has 0 unspecified atom stereocenters. The second kappa shape index (κ2) is 7.30. The van der Waals surface area contributed by atoms with Gasteiger partial charge in [0.05, 0.1) is 0 Å². The molecule has 1 heterocycles. The van der Waals surface area contributed by atoms with Crippen LogP contribution in [0, 0.1) is 5.82 Å². The van der Waals surface area contributed by atoms with Gasteiger partial charge >= 0.3 is 0 Å². The van der Waals surface area contributed by atoms with E-state index < -0.39 is 0 Å². The summed E-state index contributed by atoms with van der Waals surface area (Å²) in [4.78, 5) is 16.7. The van der Waals surface area contributed by atoms with Crippen LogP contribution in [0.1, 0.15) is 12.5 Å². The van der Waals surface area contributed by atoms with Gasteiger partial charge in [0.1, 0.15) is 5.82 Å². The van der Waals surface area contributed by atoms with Gasteiger partial charge in [-0.3, -0.25) is 4.79 Å². The van der Waals surface area contributed by atoms with E-state index in [1.165, 1.54) is 11.8 Å². The molecule has 1 aliphatic heterocycles. The first-order valence-electron chi connectivity index (χ1n) is 8.17. The molecule has 0 radical (unpaired) electrons. The van der Waals surface area contributed by atoms with Gasteiger partial charge in [0.2, 0.25) is 5.91 Å². The third-order valence-electron chi connectivity index (χ3n) is 4.30. The molecule has 0 saturated carbocycles. The standard InChI is InChI=1S/C20H21FN2O/c1-16(15-17-7-5-6-10-19(17)21)20(24)23-13-11-22(12-14-23)18-8-3-2-4-9-18/h2-10,15H,11-14H2,1H3/b16-15+. The van der Waals surface area contributed by atoms with Crippen LogP contribution in [0.15, 0.2) is 60.2 Å². The topological polar surface area (TPSA) is 23.6 Å². The van der Waals surface area contributed by atoms with E-state index in [9.17, 15) is 9.18 Å². The van der Waals surface area contributed by atoms with E-state index in [0.717, 1.165) is 13.1 Å². The number of benzene rings is 2. The Hall–Kier alpha value is -2.62. The highest BCUT2D eigenvalue weighted by molar-refractivity contribution is 5.97. The Labute approximate surface area is 142 Å². The molecule has 1 aliphatic rings. The van der Waals surface area contributed by atoms with Crippen molar-refractivity contribution < 1.29 is 9.18 Å². The molecule has 3 rings (SSSR count). The molecular weight excluding hydrogens is 303 g/mol. The summed E-state index contributed by atoms with van der Waals surface area (Å²) in [7, 11) is 0. The first kappa shape index (κ1) is 16.2. The van der Waals surface area contributed by atoms with Gasteiger partial charge in [-0.05, 0) is 31.2 Å². The lowest BCUT2D eigenvalue weighted by molar-refractivity contribution is -0.127. The van der Waals surface area contributed by atoms with E-state index in [2.05, 4.69) is 17.0 Å². The summed E-state index contributed by atoms with van der Waals surface area (Å²) in [6, 6.07) is 16.7. The van der Waals surface area contributed by atoms with Gasteiger partial charge in [-0.2, -0.15) is 0 Å². The molecule has 2 aromatic carbocycles. The first-order chi connectivity index (χ1) is 11.6. The van der Waals surface area contributed by atoms with E-state index >= 15 is 0 Å². The molecule has 4 heteroatoms. The average molecular weight is 324 g/mol. The maximum Gasteiger partial charge on any atom is 0.249 e. The van der Waals surface area contributed by atoms with Crippen LogP contribution in [0.3, 0.4) is 0 Å². The molecule has 0 bridgehead atoms. The van der Waals surface area contributed by atoms with Crippen LogP contribution >= 0.6 is 0 Å². The van der Waals surface area contributed by atoms with E-state index in [1.807, 2.05) is 23.1 Å². The van der Waals surface area contributed by atoms with Crippen molar-refractivity contribution in [1.29, 1.82) is 0 Å². The van der Waals surface area contributed by atoms with Crippen LogP contribution in [0.25, 0.3) is 6.08 Å². The van der Waals surface area contributed by atoms with Gasteiger partial charge in [0.15, 0.2) is 0 Å². The molecule has 1 saturated heterocycles. The molecule has 124 valence electrons. The second-order valence-corrected chi connectivity index (χ2v) is 5.96. The van der Waals surface area contributed by atoms with E-state index in [1.54, 1.807) is 31.2 Å². The van der Waals surface area contributed by atoms with Crippen molar-refractivity contribution in [3.63, 3.8) is 0 Å². The quantitative estimate of drug-likeness (QED) is 0.806. The molecule has 3 nitrogen and oxygen atoms in total. The Morgan fingerprint density at radius 2 is 1.58 bits per heavy atom. The molecule has 0 atom stereocenters. The number of halogens is 1. The highest BCUT2D eigenvalue weighted by Gasteiger charge is 2.22. The smallest absolute Gasteiger partial charge is 0.249 e. The monoisotopic (exact) mass is 324 g/mol. The Kier molecular flexibility index (Phi) is 4.94. The number of piperazine rings is 1. The molecule has 0 spiro atoms. The summed E-state index contributed by atoms with van der Waals surface area (Å²) in [5.41, 5.74) is 2.20. The summed E-state index contributed by atoms with van der Waals surface area (Å²) in [5, 5.41) is 0. The zero-order valence-electron chi connectivity index (χ0n) is 13.8. The molecule has 1 fully saturated rings. The van der Waals surface area contributed by atoms with Crippen molar-refractivity contribution in [3.8, 4) is 0 Å². The molecule has 0 N–H and O–H groups in total. The molecule has 1 amide bonds. The minimum atomic E-state index is -0.307. The van der Waals surface area contributed by atoms with Gasteiger partial charge < -0.3 is 9.80 Å². The third-order valence-corrected chi connectivity index (χ3v) is 4.30. The number of para-hydroxylation sites is 1. The summed E-state index contributed by atoms with van der Waals surface area (Å²) in [6.07, 6.45) is 1.63. The lowest BCUT2D eigenvalue weighted by Gasteiger charge is -2.36. The number of hydrogen-bond acceptors (Lipinski definition) is 2. The van der Waals surface area contributed by atoms with Crippen molar-refractivity contribution in [2.75, 3.05) is 31.1 Å². The van der Waals surface area contributed by atoms with Gasteiger partial charge in [-0.15, -0.1) is 0 Å². The normalized spacial score (nSPS) is 15.5. The largest absolute Gasteiger partial charge is 0.368 e. The third kappa shape index (κ3) is 3.65. The lowest BCUT2D eigenvalue weighted by atomic mass is 10.1. The van der Waals surface area contributed by atoms with Crippen molar-refractivity contribution in [2.45, 2.75) is 6.92 Å². The minimum absolute atomic E-state index is 0.0223. The van der Waals surface area contributed by atoms with Crippen LogP contribution in [0.2, 0.25) is 0 Å². The maximum atomic E-state index is 13.7. The average Bonchev–Trinajstić information content (AvgIpc) is 2.64. The zero-order valence-corrected chi connectivity index (χ0v) is 13.8. The highest BCUT2D eigenvalue weighted by atomic mass is 19.1. The number of anilines is 1. The van der Waals surface area contributed by atoms with E-state index in [-0.39, 0.29) is 11.7 Å². The fraction of sp³-hybridized carbons (Fsp3) is 0.250. The van der Waals surface area contributed by atoms with Gasteiger partial charge in [-0.25, -0.2) is 4.39 Å². The Bertz CT molecular complexity index is 734. The van der Waals surface area contributed by atoms with Gasteiger partial charge in [0.25, 0.3) is 0 Å². The van der Waals surface area contributed by atoms with Crippen molar-refractivity contribution in [3.05, 3.63) is 71.6 Å². The Morgan fingerprint density at radius 3 is 2.25 bits per heavy atom. The van der Waals surface area contributed by atoms with Crippen LogP contribution in [-0.4, -0.2) is 37.0 Å². The minimum Gasteiger partial charge on any atom is -0.368 e. The molecule has 0 aromatic heterocycles. The van der Waals surface area contributed by atoms with Crippen LogP contribution in [0.4, 0.5) is 10.1 Å². The summed E-state index contributed by atoms with van der Waals surface area (Å²) in [6.45, 7) is 4.72. The predicted molar refractivity (Wildman–Crippen MR) is 95.3 cm³/mol. The number of amides is 1. The summed E-state index contributed by atoms with van der Waals surface area (Å²) >= 11 is 0. The van der Waals surface area contributed by atoms with Crippen LogP contribution < -0.4 is 4.90 Å². The summed E-state index contributed by atoms with van der Waals surface area (Å²) < 4.78 is 13.7. The maximum absolute atomic E-state index is 13.7. The SMILES string of the molecule is C/C(=C\c1ccccc1F)C(=O)N1CCN(c2ccccc2)CC1. The fourth-order valence-electron chi connectivity index (χ4n) is 2.94. The number of rotatable bonds is 3. The number of hydrogen-bond donors (Lipinski definition) is 0. The van der Waals surface area contributed by atoms with Gasteiger partial charge in [0, 0.05) is 43.0 Å². The first-order valence-corrected chi connectivity index (χ1v) is 8.17. The van der Waals surface area contributed by atoms with Crippen molar-refractivity contribution in [2.24, 2.45) is 0 Å². The summed E-state index contributed by atoms with van der Waals surface area (Å²) in [5.74, 6) is -0.329. The lowest BCUT2D eigenvalue weighted by Crippen LogP contribution is -2.49. The number of carbonyl (C=O) groups is 1.